The Morgan fingerprint density at radius 1 is 1.56 bits per heavy atom. The van der Waals surface area contributed by atoms with E-state index >= 15 is 0 Å². The molecular weight excluding hydrogens is 222 g/mol. The molecule has 0 bridgehead atoms. The van der Waals surface area contributed by atoms with E-state index in [4.69, 9.17) is 0 Å². The second-order valence-electron chi connectivity index (χ2n) is 6.49. The van der Waals surface area contributed by atoms with Gasteiger partial charge in [0.05, 0.1) is 5.69 Å². The number of hydrogen-bond acceptors (Lipinski definition) is 2. The van der Waals surface area contributed by atoms with Crippen molar-refractivity contribution in [2.24, 2.45) is 18.4 Å². The number of likely N-dealkylation sites (N-methyl/N-ethyl adjacent to an activating group) is 1. The molecule has 0 radical (unpaired) electrons. The van der Waals surface area contributed by atoms with Gasteiger partial charge in [0, 0.05) is 25.2 Å². The van der Waals surface area contributed by atoms with E-state index in [0.29, 0.717) is 11.5 Å². The van der Waals surface area contributed by atoms with E-state index in [1.807, 2.05) is 4.68 Å². The summed E-state index contributed by atoms with van der Waals surface area (Å²) < 4.78 is 2.03. The topological polar surface area (TPSA) is 29.9 Å². The molecule has 1 aromatic rings. The van der Waals surface area contributed by atoms with Crippen LogP contribution in [0.5, 0.6) is 0 Å². The van der Waals surface area contributed by atoms with Gasteiger partial charge in [-0.05, 0) is 44.2 Å². The molecule has 0 saturated heterocycles. The maximum atomic E-state index is 4.45. The fourth-order valence-corrected chi connectivity index (χ4v) is 3.63. The van der Waals surface area contributed by atoms with E-state index in [9.17, 15) is 0 Å². The number of nitrogens with zero attached hydrogens (tertiary/aromatic N) is 2. The van der Waals surface area contributed by atoms with E-state index in [0.717, 1.165) is 18.0 Å². The summed E-state index contributed by atoms with van der Waals surface area (Å²) in [6.45, 7) is 6.91. The largest absolute Gasteiger partial charge is 0.316 e. The highest BCUT2D eigenvalue weighted by molar-refractivity contribution is 5.11. The summed E-state index contributed by atoms with van der Waals surface area (Å²) in [4.78, 5) is 0. The van der Waals surface area contributed by atoms with E-state index < -0.39 is 0 Å². The Bertz CT molecular complexity index is 406. The third-order valence-electron chi connectivity index (χ3n) is 4.72. The smallest absolute Gasteiger partial charge is 0.0596 e. The summed E-state index contributed by atoms with van der Waals surface area (Å²) >= 11 is 0. The molecule has 18 heavy (non-hydrogen) atoms. The van der Waals surface area contributed by atoms with Gasteiger partial charge in [-0.25, -0.2) is 0 Å². The average molecular weight is 249 g/mol. The molecule has 1 saturated carbocycles. The maximum Gasteiger partial charge on any atom is 0.0596 e. The van der Waals surface area contributed by atoms with Crippen molar-refractivity contribution in [3.05, 3.63) is 17.5 Å². The molecule has 1 aliphatic rings. The monoisotopic (exact) mass is 249 g/mol. The first kappa shape index (κ1) is 13.6. The quantitative estimate of drug-likeness (QED) is 0.889. The zero-order valence-electron chi connectivity index (χ0n) is 12.5. The van der Waals surface area contributed by atoms with Gasteiger partial charge in [-0.1, -0.05) is 20.3 Å². The lowest BCUT2D eigenvalue weighted by molar-refractivity contribution is 0.200. The molecule has 1 heterocycles. The summed E-state index contributed by atoms with van der Waals surface area (Å²) in [5, 5.41) is 7.99. The van der Waals surface area contributed by atoms with Crippen molar-refractivity contribution in [2.45, 2.75) is 52.5 Å². The number of rotatable bonds is 4. The first-order valence-corrected chi connectivity index (χ1v) is 7.11. The van der Waals surface area contributed by atoms with Gasteiger partial charge in [0.15, 0.2) is 0 Å². The Kier molecular flexibility index (Phi) is 3.81. The van der Waals surface area contributed by atoms with Crippen molar-refractivity contribution in [2.75, 3.05) is 7.05 Å². The van der Waals surface area contributed by atoms with Crippen LogP contribution in [0.4, 0.5) is 0 Å². The predicted octanol–water partition coefficient (Wildman–Crippen LogP) is 2.69. The van der Waals surface area contributed by atoms with Crippen molar-refractivity contribution >= 4 is 0 Å². The maximum absolute atomic E-state index is 4.45. The lowest BCUT2D eigenvalue weighted by atomic mass is 9.76. The number of hydrogen-bond donors (Lipinski definition) is 1. The summed E-state index contributed by atoms with van der Waals surface area (Å²) in [6.07, 6.45) is 5.18. The number of aryl methyl sites for hydroxylation is 2. The van der Waals surface area contributed by atoms with Crippen molar-refractivity contribution < 1.29 is 0 Å². The lowest BCUT2D eigenvalue weighted by Crippen LogP contribution is -2.40. The summed E-state index contributed by atoms with van der Waals surface area (Å²) in [7, 11) is 4.15. The number of aromatic nitrogens is 2. The summed E-state index contributed by atoms with van der Waals surface area (Å²) in [5.74, 6) is 0.776. The van der Waals surface area contributed by atoms with Crippen LogP contribution in [0, 0.1) is 18.3 Å². The number of nitrogens with one attached hydrogen (secondary N) is 1. The molecule has 3 nitrogen and oxygen atoms in total. The molecule has 0 amide bonds. The molecule has 1 fully saturated rings. The highest BCUT2D eigenvalue weighted by atomic mass is 15.3. The fourth-order valence-electron chi connectivity index (χ4n) is 3.63. The minimum absolute atomic E-state index is 0.474. The molecule has 1 aliphatic carbocycles. The molecule has 2 unspecified atom stereocenters. The Morgan fingerprint density at radius 3 is 2.72 bits per heavy atom. The molecule has 2 atom stereocenters. The van der Waals surface area contributed by atoms with Crippen LogP contribution < -0.4 is 5.32 Å². The summed E-state index contributed by atoms with van der Waals surface area (Å²) in [5.41, 5.74) is 2.93. The second-order valence-corrected chi connectivity index (χ2v) is 6.49. The summed E-state index contributed by atoms with van der Waals surface area (Å²) in [6, 6.07) is 2.78. The Balaban J connectivity index is 2.12. The standard InChI is InChI=1S/C15H27N3/c1-11-9-12(18(5)17-11)10-14(16-4)13-7-6-8-15(13,2)3/h9,13-14,16H,6-8,10H2,1-5H3. The lowest BCUT2D eigenvalue weighted by Gasteiger charge is -2.34. The Labute approximate surface area is 111 Å². The van der Waals surface area contributed by atoms with Crippen LogP contribution in [0.3, 0.4) is 0 Å². The minimum atomic E-state index is 0.474. The van der Waals surface area contributed by atoms with Gasteiger partial charge in [0.2, 0.25) is 0 Å². The molecule has 1 aromatic heterocycles. The van der Waals surface area contributed by atoms with Gasteiger partial charge < -0.3 is 5.32 Å². The SMILES string of the molecule is CNC(Cc1cc(C)nn1C)C1CCCC1(C)C. The van der Waals surface area contributed by atoms with Gasteiger partial charge in [-0.2, -0.15) is 5.10 Å². The van der Waals surface area contributed by atoms with Gasteiger partial charge >= 0.3 is 0 Å². The van der Waals surface area contributed by atoms with Crippen molar-refractivity contribution in [3.8, 4) is 0 Å². The van der Waals surface area contributed by atoms with E-state index in [-0.39, 0.29) is 0 Å². The molecular formula is C15H27N3. The first-order chi connectivity index (χ1) is 8.44. The van der Waals surface area contributed by atoms with Gasteiger partial charge in [0.1, 0.15) is 0 Å². The van der Waals surface area contributed by atoms with E-state index in [1.54, 1.807) is 0 Å². The molecule has 1 N–H and O–H groups in total. The second kappa shape index (κ2) is 5.04. The van der Waals surface area contributed by atoms with Gasteiger partial charge in [-0.15, -0.1) is 0 Å². The highest BCUT2D eigenvalue weighted by Gasteiger charge is 2.39. The zero-order valence-corrected chi connectivity index (χ0v) is 12.5. The van der Waals surface area contributed by atoms with Crippen LogP contribution in [0.1, 0.15) is 44.5 Å². The Hall–Kier alpha value is -0.830. The van der Waals surface area contributed by atoms with E-state index in [1.165, 1.54) is 25.0 Å². The molecule has 2 rings (SSSR count). The van der Waals surface area contributed by atoms with Crippen molar-refractivity contribution in [1.82, 2.24) is 15.1 Å². The normalized spacial score (nSPS) is 24.4. The highest BCUT2D eigenvalue weighted by Crippen LogP contribution is 2.44. The van der Waals surface area contributed by atoms with Crippen molar-refractivity contribution in [3.63, 3.8) is 0 Å². The predicted molar refractivity (Wildman–Crippen MR) is 75.6 cm³/mol. The van der Waals surface area contributed by atoms with Crippen LogP contribution in [0.2, 0.25) is 0 Å². The van der Waals surface area contributed by atoms with Crippen LogP contribution in [-0.4, -0.2) is 22.9 Å². The molecule has 102 valence electrons. The third-order valence-corrected chi connectivity index (χ3v) is 4.72. The van der Waals surface area contributed by atoms with Crippen LogP contribution in [0.15, 0.2) is 6.07 Å². The molecule has 0 aliphatic heterocycles. The zero-order chi connectivity index (χ0) is 13.3. The third kappa shape index (κ3) is 2.61. The van der Waals surface area contributed by atoms with Crippen LogP contribution >= 0.6 is 0 Å². The van der Waals surface area contributed by atoms with Crippen molar-refractivity contribution in [1.29, 1.82) is 0 Å². The average Bonchev–Trinajstić information content (AvgIpc) is 2.78. The molecule has 0 aromatic carbocycles. The molecule has 3 heteroatoms. The van der Waals surface area contributed by atoms with Crippen LogP contribution in [-0.2, 0) is 13.5 Å². The Morgan fingerprint density at radius 2 is 2.28 bits per heavy atom. The van der Waals surface area contributed by atoms with E-state index in [2.05, 4.69) is 51.3 Å². The van der Waals surface area contributed by atoms with Gasteiger partial charge in [-0.3, -0.25) is 4.68 Å². The fraction of sp³-hybridized carbons (Fsp3) is 0.800. The minimum Gasteiger partial charge on any atom is -0.316 e. The molecule has 0 spiro atoms. The van der Waals surface area contributed by atoms with Gasteiger partial charge in [0.25, 0.3) is 0 Å². The first-order valence-electron chi connectivity index (χ1n) is 7.11. The van der Waals surface area contributed by atoms with Crippen LogP contribution in [0.25, 0.3) is 0 Å².